The molecular weight excluding hydrogens is 396 g/mol. The maximum atomic E-state index is 13.2. The van der Waals surface area contributed by atoms with Crippen LogP contribution in [-0.2, 0) is 11.3 Å². The normalized spacial score (nSPS) is 15.6. The Bertz CT molecular complexity index is 843. The molecule has 1 saturated carbocycles. The van der Waals surface area contributed by atoms with Gasteiger partial charge in [0.05, 0.1) is 12.4 Å². The molecule has 3 rings (SSSR count). The molecule has 0 saturated heterocycles. The zero-order valence-electron chi connectivity index (χ0n) is 18.2. The van der Waals surface area contributed by atoms with Crippen molar-refractivity contribution in [2.24, 2.45) is 0 Å². The van der Waals surface area contributed by atoms with Crippen molar-refractivity contribution in [2.45, 2.75) is 68.9 Å². The first kappa shape index (κ1) is 22.4. The molecule has 0 radical (unpaired) electrons. The predicted octanol–water partition coefficient (Wildman–Crippen LogP) is 4.80. The molecule has 162 valence electrons. The van der Waals surface area contributed by atoms with Crippen molar-refractivity contribution >= 4 is 17.7 Å². The SMILES string of the molecule is C=CCn1c(SC(C)C(=O)N(CC)C2CCCCC2)nnc1-c1ccc(OC)cc1. The Kier molecular flexibility index (Phi) is 7.96. The zero-order valence-corrected chi connectivity index (χ0v) is 19.0. The summed E-state index contributed by atoms with van der Waals surface area (Å²) in [6.45, 7) is 9.26. The van der Waals surface area contributed by atoms with Crippen LogP contribution in [0.1, 0.15) is 46.0 Å². The number of benzene rings is 1. The molecule has 0 aliphatic heterocycles. The number of hydrogen-bond acceptors (Lipinski definition) is 5. The first-order valence-corrected chi connectivity index (χ1v) is 11.6. The summed E-state index contributed by atoms with van der Waals surface area (Å²) in [4.78, 5) is 15.3. The highest BCUT2D eigenvalue weighted by Gasteiger charge is 2.29. The summed E-state index contributed by atoms with van der Waals surface area (Å²) in [7, 11) is 1.65. The smallest absolute Gasteiger partial charge is 0.236 e. The molecule has 2 aromatic rings. The van der Waals surface area contributed by atoms with E-state index < -0.39 is 0 Å². The first-order valence-electron chi connectivity index (χ1n) is 10.7. The highest BCUT2D eigenvalue weighted by molar-refractivity contribution is 8.00. The summed E-state index contributed by atoms with van der Waals surface area (Å²) in [5.41, 5.74) is 0.952. The van der Waals surface area contributed by atoms with Crippen LogP contribution in [0.2, 0.25) is 0 Å². The molecule has 1 fully saturated rings. The number of carbonyl (C=O) groups is 1. The van der Waals surface area contributed by atoms with Crippen LogP contribution in [0.25, 0.3) is 11.4 Å². The summed E-state index contributed by atoms with van der Waals surface area (Å²) in [6, 6.07) is 8.12. The third kappa shape index (κ3) is 5.06. The number of aromatic nitrogens is 3. The van der Waals surface area contributed by atoms with Crippen LogP contribution >= 0.6 is 11.8 Å². The molecule has 1 atom stereocenters. The van der Waals surface area contributed by atoms with Crippen LogP contribution in [-0.4, -0.2) is 50.5 Å². The molecule has 0 N–H and O–H groups in total. The van der Waals surface area contributed by atoms with Crippen molar-refractivity contribution in [3.05, 3.63) is 36.9 Å². The average Bonchev–Trinajstić information content (AvgIpc) is 3.17. The van der Waals surface area contributed by atoms with E-state index in [0.717, 1.165) is 41.7 Å². The molecule has 30 heavy (non-hydrogen) atoms. The van der Waals surface area contributed by atoms with Gasteiger partial charge in [0.25, 0.3) is 0 Å². The van der Waals surface area contributed by atoms with Crippen molar-refractivity contribution in [1.82, 2.24) is 19.7 Å². The van der Waals surface area contributed by atoms with E-state index in [-0.39, 0.29) is 11.2 Å². The number of hydrogen-bond donors (Lipinski definition) is 0. The molecule has 1 aromatic carbocycles. The van der Waals surface area contributed by atoms with E-state index in [1.54, 1.807) is 7.11 Å². The highest BCUT2D eigenvalue weighted by atomic mass is 32.2. The van der Waals surface area contributed by atoms with Gasteiger partial charge in [0.15, 0.2) is 11.0 Å². The third-order valence-electron chi connectivity index (χ3n) is 5.65. The largest absolute Gasteiger partial charge is 0.497 e. The van der Waals surface area contributed by atoms with Crippen LogP contribution in [0.15, 0.2) is 42.1 Å². The minimum absolute atomic E-state index is 0.188. The van der Waals surface area contributed by atoms with Gasteiger partial charge in [-0.15, -0.1) is 16.8 Å². The molecule has 1 aliphatic rings. The number of rotatable bonds is 9. The standard InChI is InChI=1S/C23H32N4O2S/c1-5-16-27-21(18-12-14-20(29-4)15-13-18)24-25-23(27)30-17(3)22(28)26(6-2)19-10-8-7-9-11-19/h5,12-15,17,19H,1,6-11,16H2,2-4H3. The second kappa shape index (κ2) is 10.7. The van der Waals surface area contributed by atoms with Gasteiger partial charge in [-0.2, -0.15) is 0 Å². The lowest BCUT2D eigenvalue weighted by atomic mass is 9.94. The number of ether oxygens (including phenoxy) is 1. The van der Waals surface area contributed by atoms with E-state index in [2.05, 4.69) is 28.6 Å². The molecule has 0 spiro atoms. The average molecular weight is 429 g/mol. The Morgan fingerprint density at radius 3 is 2.60 bits per heavy atom. The molecule has 7 heteroatoms. The fourth-order valence-corrected chi connectivity index (χ4v) is 4.98. The summed E-state index contributed by atoms with van der Waals surface area (Å²) in [5.74, 6) is 1.75. The zero-order chi connectivity index (χ0) is 21.5. The summed E-state index contributed by atoms with van der Waals surface area (Å²) < 4.78 is 7.26. The maximum absolute atomic E-state index is 13.2. The van der Waals surface area contributed by atoms with E-state index in [1.165, 1.54) is 31.0 Å². The number of allylic oxidation sites excluding steroid dienone is 1. The Balaban J connectivity index is 1.78. The molecule has 1 amide bonds. The van der Waals surface area contributed by atoms with Crippen LogP contribution in [0.5, 0.6) is 5.75 Å². The lowest BCUT2D eigenvalue weighted by Crippen LogP contribution is -2.44. The van der Waals surface area contributed by atoms with Crippen molar-refractivity contribution in [1.29, 1.82) is 0 Å². The second-order valence-electron chi connectivity index (χ2n) is 7.61. The summed E-state index contributed by atoms with van der Waals surface area (Å²) >= 11 is 1.47. The van der Waals surface area contributed by atoms with Gasteiger partial charge in [-0.1, -0.05) is 37.1 Å². The third-order valence-corrected chi connectivity index (χ3v) is 6.71. The van der Waals surface area contributed by atoms with Crippen LogP contribution in [0.3, 0.4) is 0 Å². The van der Waals surface area contributed by atoms with Gasteiger partial charge >= 0.3 is 0 Å². The number of thioether (sulfide) groups is 1. The first-order chi connectivity index (χ1) is 14.6. The maximum Gasteiger partial charge on any atom is 0.236 e. The highest BCUT2D eigenvalue weighted by Crippen LogP contribution is 2.30. The van der Waals surface area contributed by atoms with E-state index in [1.807, 2.05) is 41.8 Å². The fraction of sp³-hybridized carbons (Fsp3) is 0.522. The van der Waals surface area contributed by atoms with Crippen LogP contribution in [0, 0.1) is 0 Å². The number of methoxy groups -OCH3 is 1. The van der Waals surface area contributed by atoms with Crippen molar-refractivity contribution < 1.29 is 9.53 Å². The van der Waals surface area contributed by atoms with Crippen molar-refractivity contribution in [3.8, 4) is 17.1 Å². The molecule has 1 aromatic heterocycles. The molecule has 1 unspecified atom stereocenters. The van der Waals surface area contributed by atoms with Gasteiger partial charge in [-0.3, -0.25) is 9.36 Å². The topological polar surface area (TPSA) is 60.2 Å². The van der Waals surface area contributed by atoms with Gasteiger partial charge in [0.1, 0.15) is 5.75 Å². The minimum atomic E-state index is -0.219. The Hall–Kier alpha value is -2.28. The second-order valence-corrected chi connectivity index (χ2v) is 8.92. The number of nitrogens with zero attached hydrogens (tertiary/aromatic N) is 4. The fourth-order valence-electron chi connectivity index (χ4n) is 4.05. The van der Waals surface area contributed by atoms with Crippen molar-refractivity contribution in [2.75, 3.05) is 13.7 Å². The van der Waals surface area contributed by atoms with Crippen LogP contribution in [0.4, 0.5) is 0 Å². The Labute approximate surface area is 183 Å². The van der Waals surface area contributed by atoms with E-state index in [4.69, 9.17) is 4.74 Å². The van der Waals surface area contributed by atoms with Gasteiger partial charge in [-0.25, -0.2) is 0 Å². The molecular formula is C23H32N4O2S. The monoisotopic (exact) mass is 428 g/mol. The Morgan fingerprint density at radius 2 is 2.00 bits per heavy atom. The molecule has 0 bridgehead atoms. The predicted molar refractivity (Wildman–Crippen MR) is 122 cm³/mol. The van der Waals surface area contributed by atoms with Gasteiger partial charge in [-0.05, 0) is 51.0 Å². The lowest BCUT2D eigenvalue weighted by molar-refractivity contribution is -0.133. The number of carbonyl (C=O) groups excluding carboxylic acids is 1. The van der Waals surface area contributed by atoms with Crippen LogP contribution < -0.4 is 4.74 Å². The van der Waals surface area contributed by atoms with E-state index in [0.29, 0.717) is 12.6 Å². The number of amides is 1. The minimum Gasteiger partial charge on any atom is -0.497 e. The van der Waals surface area contributed by atoms with E-state index >= 15 is 0 Å². The molecule has 6 nitrogen and oxygen atoms in total. The summed E-state index contributed by atoms with van der Waals surface area (Å²) in [6.07, 6.45) is 7.78. The van der Waals surface area contributed by atoms with Crippen molar-refractivity contribution in [3.63, 3.8) is 0 Å². The van der Waals surface area contributed by atoms with Gasteiger partial charge in [0, 0.05) is 24.7 Å². The van der Waals surface area contributed by atoms with Gasteiger partial charge < -0.3 is 9.64 Å². The lowest BCUT2D eigenvalue weighted by Gasteiger charge is -2.35. The van der Waals surface area contributed by atoms with E-state index in [9.17, 15) is 4.79 Å². The summed E-state index contributed by atoms with van der Waals surface area (Å²) in [5, 5.41) is 9.32. The molecule has 1 heterocycles. The van der Waals surface area contributed by atoms with Gasteiger partial charge in [0.2, 0.25) is 5.91 Å². The molecule has 1 aliphatic carbocycles. The Morgan fingerprint density at radius 1 is 1.30 bits per heavy atom. The quantitative estimate of drug-likeness (QED) is 0.424.